The fourth-order valence-corrected chi connectivity index (χ4v) is 2.32. The van der Waals surface area contributed by atoms with Gasteiger partial charge in [0.1, 0.15) is 5.82 Å². The topological polar surface area (TPSA) is 93.2 Å². The van der Waals surface area contributed by atoms with Gasteiger partial charge < -0.3 is 20.8 Å². The summed E-state index contributed by atoms with van der Waals surface area (Å²) in [7, 11) is 0. The second-order valence-corrected chi connectivity index (χ2v) is 5.38. The molecule has 0 unspecified atom stereocenters. The monoisotopic (exact) mass is 322 g/mol. The first-order valence-electron chi connectivity index (χ1n) is 7.52. The van der Waals surface area contributed by atoms with Gasteiger partial charge in [0.25, 0.3) is 5.91 Å². The highest BCUT2D eigenvalue weighted by atomic mass is 16.3. The Bertz CT molecular complexity index is 857. The zero-order valence-corrected chi connectivity index (χ0v) is 13.2. The predicted octanol–water partition coefficient (Wildman–Crippen LogP) is 3.43. The van der Waals surface area contributed by atoms with Crippen LogP contribution in [0.25, 0.3) is 0 Å². The number of anilines is 3. The molecule has 3 aromatic rings. The van der Waals surface area contributed by atoms with Crippen LogP contribution in [0.4, 0.5) is 17.2 Å². The van der Waals surface area contributed by atoms with Crippen LogP contribution >= 0.6 is 0 Å². The van der Waals surface area contributed by atoms with E-state index in [9.17, 15) is 4.79 Å². The van der Waals surface area contributed by atoms with Crippen molar-refractivity contribution in [2.24, 2.45) is 0 Å². The summed E-state index contributed by atoms with van der Waals surface area (Å²) in [6.45, 7) is 2.40. The summed E-state index contributed by atoms with van der Waals surface area (Å²) in [6, 6.07) is 13.0. The molecule has 0 saturated heterocycles. The van der Waals surface area contributed by atoms with Crippen molar-refractivity contribution in [3.63, 3.8) is 0 Å². The van der Waals surface area contributed by atoms with Gasteiger partial charge in [0.15, 0.2) is 5.76 Å². The van der Waals surface area contributed by atoms with Crippen LogP contribution in [0.15, 0.2) is 59.3 Å². The molecule has 0 aliphatic rings. The zero-order valence-electron chi connectivity index (χ0n) is 13.2. The molecule has 0 fully saturated rings. The van der Waals surface area contributed by atoms with Crippen LogP contribution in [0.5, 0.6) is 0 Å². The molecular formula is C18H18N4O2. The third-order valence-corrected chi connectivity index (χ3v) is 3.57. The lowest BCUT2D eigenvalue weighted by atomic mass is 10.2. The number of rotatable bonds is 5. The Morgan fingerprint density at radius 3 is 2.88 bits per heavy atom. The largest absolute Gasteiger partial charge is 0.459 e. The van der Waals surface area contributed by atoms with E-state index in [0.29, 0.717) is 23.8 Å². The van der Waals surface area contributed by atoms with Gasteiger partial charge in [-0.1, -0.05) is 12.1 Å². The van der Waals surface area contributed by atoms with Crippen LogP contribution < -0.4 is 16.4 Å². The SMILES string of the molecule is Cc1ccoc1C(=O)Nc1cccc(CNc2cccnc2N)c1. The summed E-state index contributed by atoms with van der Waals surface area (Å²) in [5.74, 6) is 0.510. The second-order valence-electron chi connectivity index (χ2n) is 5.38. The van der Waals surface area contributed by atoms with E-state index in [-0.39, 0.29) is 5.91 Å². The van der Waals surface area contributed by atoms with Crippen molar-refractivity contribution in [3.05, 3.63) is 71.8 Å². The van der Waals surface area contributed by atoms with E-state index in [2.05, 4.69) is 15.6 Å². The Morgan fingerprint density at radius 2 is 2.12 bits per heavy atom. The average molecular weight is 322 g/mol. The van der Waals surface area contributed by atoms with Crippen LogP contribution in [-0.4, -0.2) is 10.9 Å². The van der Waals surface area contributed by atoms with Crippen molar-refractivity contribution in [2.75, 3.05) is 16.4 Å². The Hall–Kier alpha value is -3.28. The number of aryl methyl sites for hydroxylation is 1. The first kappa shape index (κ1) is 15.6. The Kier molecular flexibility index (Phi) is 4.47. The summed E-state index contributed by atoms with van der Waals surface area (Å²) in [6.07, 6.45) is 3.15. The molecule has 0 aliphatic carbocycles. The van der Waals surface area contributed by atoms with Crippen molar-refractivity contribution >= 4 is 23.1 Å². The smallest absolute Gasteiger partial charge is 0.291 e. The molecule has 0 saturated carbocycles. The molecule has 0 bridgehead atoms. The minimum Gasteiger partial charge on any atom is -0.459 e. The number of amides is 1. The Balaban J connectivity index is 1.67. The number of nitrogens with one attached hydrogen (secondary N) is 2. The lowest BCUT2D eigenvalue weighted by molar-refractivity contribution is 0.0996. The number of carbonyl (C=O) groups is 1. The lowest BCUT2D eigenvalue weighted by Gasteiger charge is -2.10. The lowest BCUT2D eigenvalue weighted by Crippen LogP contribution is -2.12. The number of pyridine rings is 1. The Labute approximate surface area is 139 Å². The summed E-state index contributed by atoms with van der Waals surface area (Å²) < 4.78 is 5.20. The van der Waals surface area contributed by atoms with Gasteiger partial charge in [0.2, 0.25) is 0 Å². The number of furan rings is 1. The summed E-state index contributed by atoms with van der Waals surface area (Å²) in [4.78, 5) is 16.2. The molecule has 3 rings (SSSR count). The molecule has 2 aromatic heterocycles. The van der Waals surface area contributed by atoms with Crippen LogP contribution in [0.1, 0.15) is 21.7 Å². The van der Waals surface area contributed by atoms with Gasteiger partial charge in [-0.2, -0.15) is 0 Å². The van der Waals surface area contributed by atoms with Crippen molar-refractivity contribution < 1.29 is 9.21 Å². The van der Waals surface area contributed by atoms with Gasteiger partial charge in [-0.25, -0.2) is 4.98 Å². The van der Waals surface area contributed by atoms with Crippen molar-refractivity contribution in [1.29, 1.82) is 0 Å². The molecule has 1 aromatic carbocycles. The number of benzene rings is 1. The number of nitrogens with zero attached hydrogens (tertiary/aromatic N) is 1. The highest BCUT2D eigenvalue weighted by Crippen LogP contribution is 2.18. The molecule has 6 nitrogen and oxygen atoms in total. The van der Waals surface area contributed by atoms with E-state index in [1.54, 1.807) is 12.3 Å². The number of hydrogen-bond acceptors (Lipinski definition) is 5. The summed E-state index contributed by atoms with van der Waals surface area (Å²) >= 11 is 0. The third kappa shape index (κ3) is 3.55. The molecular weight excluding hydrogens is 304 g/mol. The second kappa shape index (κ2) is 6.87. The molecule has 0 atom stereocenters. The van der Waals surface area contributed by atoms with Gasteiger partial charge in [0, 0.05) is 24.0 Å². The van der Waals surface area contributed by atoms with Crippen LogP contribution in [0.3, 0.4) is 0 Å². The molecule has 1 amide bonds. The molecule has 2 heterocycles. The maximum atomic E-state index is 12.2. The van der Waals surface area contributed by atoms with Crippen molar-refractivity contribution in [3.8, 4) is 0 Å². The number of carbonyl (C=O) groups excluding carboxylic acids is 1. The molecule has 0 radical (unpaired) electrons. The maximum absolute atomic E-state index is 12.2. The normalized spacial score (nSPS) is 10.4. The third-order valence-electron chi connectivity index (χ3n) is 3.57. The van der Waals surface area contributed by atoms with Crippen LogP contribution in [-0.2, 0) is 6.54 Å². The molecule has 4 N–H and O–H groups in total. The first-order valence-corrected chi connectivity index (χ1v) is 7.52. The highest BCUT2D eigenvalue weighted by molar-refractivity contribution is 6.03. The molecule has 122 valence electrons. The van der Waals surface area contributed by atoms with Crippen molar-refractivity contribution in [1.82, 2.24) is 4.98 Å². The number of hydrogen-bond donors (Lipinski definition) is 3. The highest BCUT2D eigenvalue weighted by Gasteiger charge is 2.12. The zero-order chi connectivity index (χ0) is 16.9. The summed E-state index contributed by atoms with van der Waals surface area (Å²) in [5.41, 5.74) is 9.10. The number of nitrogen functional groups attached to an aromatic ring is 1. The summed E-state index contributed by atoms with van der Waals surface area (Å²) in [5, 5.41) is 6.07. The van der Waals surface area contributed by atoms with Gasteiger partial charge in [-0.3, -0.25) is 4.79 Å². The van der Waals surface area contributed by atoms with E-state index < -0.39 is 0 Å². The first-order chi connectivity index (χ1) is 11.6. The van der Waals surface area contributed by atoms with E-state index in [1.165, 1.54) is 6.26 Å². The fraction of sp³-hybridized carbons (Fsp3) is 0.111. The number of nitrogens with two attached hydrogens (primary N) is 1. The predicted molar refractivity (Wildman–Crippen MR) is 93.8 cm³/mol. The molecule has 0 aliphatic heterocycles. The van der Waals surface area contributed by atoms with Gasteiger partial charge >= 0.3 is 0 Å². The Morgan fingerprint density at radius 1 is 1.25 bits per heavy atom. The minimum absolute atomic E-state index is 0.265. The molecule has 0 spiro atoms. The van der Waals surface area contributed by atoms with Gasteiger partial charge in [0.05, 0.1) is 12.0 Å². The van der Waals surface area contributed by atoms with E-state index in [1.807, 2.05) is 43.3 Å². The average Bonchev–Trinajstić information content (AvgIpc) is 3.01. The van der Waals surface area contributed by atoms with Gasteiger partial charge in [-0.15, -0.1) is 0 Å². The van der Waals surface area contributed by atoms with Crippen LogP contribution in [0, 0.1) is 6.92 Å². The maximum Gasteiger partial charge on any atom is 0.291 e. The minimum atomic E-state index is -0.265. The van der Waals surface area contributed by atoms with Crippen molar-refractivity contribution in [2.45, 2.75) is 13.5 Å². The van der Waals surface area contributed by atoms with E-state index in [0.717, 1.165) is 16.8 Å². The molecule has 24 heavy (non-hydrogen) atoms. The van der Waals surface area contributed by atoms with E-state index in [4.69, 9.17) is 10.2 Å². The van der Waals surface area contributed by atoms with Crippen LogP contribution in [0.2, 0.25) is 0 Å². The van der Waals surface area contributed by atoms with Gasteiger partial charge in [-0.05, 0) is 42.8 Å². The quantitative estimate of drug-likeness (QED) is 0.669. The molecule has 6 heteroatoms. The number of aromatic nitrogens is 1. The fourth-order valence-electron chi connectivity index (χ4n) is 2.32. The van der Waals surface area contributed by atoms with E-state index >= 15 is 0 Å². The standard InChI is InChI=1S/C18H18N4O2/c1-12-7-9-24-16(12)18(23)22-14-5-2-4-13(10-14)11-21-15-6-3-8-20-17(15)19/h2-10,21H,11H2,1H3,(H2,19,20)(H,22,23).